The van der Waals surface area contributed by atoms with Gasteiger partial charge in [0.05, 0.1) is 0 Å². The number of nitrogens with one attached hydrogen (secondary N) is 3. The zero-order valence-corrected chi connectivity index (χ0v) is 33.4. The molecule has 0 saturated heterocycles. The highest BCUT2D eigenvalue weighted by Gasteiger charge is 2.26. The van der Waals surface area contributed by atoms with E-state index in [0.29, 0.717) is 47.8 Å². The summed E-state index contributed by atoms with van der Waals surface area (Å²) in [7, 11) is 0. The Bertz CT molecular complexity index is 1190. The van der Waals surface area contributed by atoms with Crippen LogP contribution in [0, 0.1) is 23.7 Å². The molecule has 4 rings (SSSR count). The lowest BCUT2D eigenvalue weighted by Crippen LogP contribution is -2.41. The van der Waals surface area contributed by atoms with Gasteiger partial charge < -0.3 is 15.1 Å². The molecule has 0 saturated carbocycles. The number of nitrogens with zero attached hydrogens (tertiary/aromatic N) is 7. The van der Waals surface area contributed by atoms with Crippen LogP contribution in [-0.4, -0.2) is 61.4 Å². The van der Waals surface area contributed by atoms with Gasteiger partial charge in [-0.25, -0.2) is 4.99 Å². The predicted octanol–water partition coefficient (Wildman–Crippen LogP) is 8.38. The van der Waals surface area contributed by atoms with Crippen LogP contribution in [0.5, 0.6) is 0 Å². The van der Waals surface area contributed by atoms with Crippen molar-refractivity contribution in [2.24, 2.45) is 38.9 Å². The first-order chi connectivity index (χ1) is 22.1. The smallest absolute Gasteiger partial charge is 0.142 e. The van der Waals surface area contributed by atoms with Gasteiger partial charge >= 0.3 is 0 Å². The molecule has 0 radical (unpaired) electrons. The predicted molar refractivity (Wildman–Crippen MR) is 208 cm³/mol. The molecule has 0 fully saturated rings. The lowest BCUT2D eigenvalue weighted by Gasteiger charge is -2.26. The molecular weight excluding hydrogens is 596 g/mol. The van der Waals surface area contributed by atoms with E-state index in [-0.39, 0.29) is 0 Å². The molecule has 10 nitrogen and oxygen atoms in total. The first kappa shape index (κ1) is 42.3. The van der Waals surface area contributed by atoms with E-state index in [1.165, 1.54) is 11.4 Å². The van der Waals surface area contributed by atoms with Crippen molar-refractivity contribution in [2.75, 3.05) is 0 Å². The third-order valence-electron chi connectivity index (χ3n) is 7.85. The number of amidine groups is 2. The Kier molecular flexibility index (Phi) is 16.5. The summed E-state index contributed by atoms with van der Waals surface area (Å²) in [6.45, 7) is 50.0. The number of hydrogen-bond acceptors (Lipinski definition) is 10. The van der Waals surface area contributed by atoms with Crippen molar-refractivity contribution >= 4 is 17.4 Å². The van der Waals surface area contributed by atoms with Crippen molar-refractivity contribution in [3.63, 3.8) is 0 Å². The molecule has 48 heavy (non-hydrogen) atoms. The van der Waals surface area contributed by atoms with Crippen LogP contribution in [0.3, 0.4) is 0 Å². The fraction of sp³-hybridized carbons (Fsp3) is 0.658. The highest BCUT2D eigenvalue weighted by Crippen LogP contribution is 2.24. The van der Waals surface area contributed by atoms with Crippen molar-refractivity contribution in [3.05, 3.63) is 61.4 Å². The van der Waals surface area contributed by atoms with Crippen molar-refractivity contribution in [1.82, 2.24) is 36.0 Å². The maximum atomic E-state index is 4.52. The van der Waals surface area contributed by atoms with Crippen LogP contribution in [-0.2, 0) is 0 Å². The minimum absolute atomic E-state index is 0.400. The van der Waals surface area contributed by atoms with Gasteiger partial charge in [0.2, 0.25) is 0 Å². The van der Waals surface area contributed by atoms with Crippen molar-refractivity contribution in [3.8, 4) is 0 Å². The molecule has 3 N–H and O–H groups in total. The summed E-state index contributed by atoms with van der Waals surface area (Å²) < 4.78 is 0. The molecule has 0 atom stereocenters. The monoisotopic (exact) mass is 667 g/mol. The van der Waals surface area contributed by atoms with Gasteiger partial charge in [0.25, 0.3) is 0 Å². The average Bonchev–Trinajstić information content (AvgIpc) is 3.74. The summed E-state index contributed by atoms with van der Waals surface area (Å²) in [5, 5.41) is 16.0. The first-order valence-corrected chi connectivity index (χ1v) is 17.8. The van der Waals surface area contributed by atoms with Crippen LogP contribution in [0.15, 0.2) is 76.6 Å². The van der Waals surface area contributed by atoms with Crippen molar-refractivity contribution in [2.45, 2.75) is 141 Å². The number of rotatable bonds is 8. The highest BCUT2D eigenvalue weighted by molar-refractivity contribution is 5.89. The van der Waals surface area contributed by atoms with Crippen molar-refractivity contribution < 1.29 is 0 Å². The van der Waals surface area contributed by atoms with E-state index in [9.17, 15) is 0 Å². The largest absolute Gasteiger partial charge is 0.344 e. The van der Waals surface area contributed by atoms with E-state index in [0.717, 1.165) is 41.3 Å². The fourth-order valence-electron chi connectivity index (χ4n) is 5.02. The van der Waals surface area contributed by atoms with Gasteiger partial charge in [-0.05, 0) is 67.2 Å². The summed E-state index contributed by atoms with van der Waals surface area (Å²) in [5.74, 6) is 6.75. The molecule has 0 bridgehead atoms. The summed E-state index contributed by atoms with van der Waals surface area (Å²) in [5.41, 5.74) is 9.77. The van der Waals surface area contributed by atoms with Crippen LogP contribution >= 0.6 is 0 Å². The summed E-state index contributed by atoms with van der Waals surface area (Å²) in [6, 6.07) is 1.75. The third kappa shape index (κ3) is 12.1. The Morgan fingerprint density at radius 3 is 1.52 bits per heavy atom. The van der Waals surface area contributed by atoms with Gasteiger partial charge in [0, 0.05) is 65.7 Å². The molecule has 0 aromatic carbocycles. The number of hydrogen-bond donors (Lipinski definition) is 3. The van der Waals surface area contributed by atoms with E-state index in [4.69, 9.17) is 0 Å². The summed E-state index contributed by atoms with van der Waals surface area (Å²) in [4.78, 5) is 8.62. The topological polar surface area (TPSA) is 86.1 Å². The van der Waals surface area contributed by atoms with Crippen LogP contribution < -0.4 is 16.2 Å². The molecule has 0 aliphatic carbocycles. The van der Waals surface area contributed by atoms with Gasteiger partial charge in [-0.2, -0.15) is 10.2 Å². The molecule has 0 aromatic rings. The second-order valence-corrected chi connectivity index (χ2v) is 15.0. The van der Waals surface area contributed by atoms with E-state index >= 15 is 0 Å². The molecule has 0 aromatic heterocycles. The second kappa shape index (κ2) is 18.7. The summed E-state index contributed by atoms with van der Waals surface area (Å²) >= 11 is 0. The molecule has 4 heterocycles. The third-order valence-corrected chi connectivity index (χ3v) is 7.85. The van der Waals surface area contributed by atoms with Gasteiger partial charge in [0.15, 0.2) is 0 Å². The van der Waals surface area contributed by atoms with Crippen LogP contribution in [0.25, 0.3) is 0 Å². The number of hydrazine groups is 1. The molecule has 0 spiro atoms. The Labute approximate surface area is 294 Å². The van der Waals surface area contributed by atoms with Gasteiger partial charge in [-0.15, -0.1) is 0 Å². The lowest BCUT2D eigenvalue weighted by atomic mass is 10.1. The lowest BCUT2D eigenvalue weighted by molar-refractivity contribution is 0.258. The second-order valence-electron chi connectivity index (χ2n) is 15.0. The minimum Gasteiger partial charge on any atom is -0.344 e. The Balaban J connectivity index is 0.000000320. The van der Waals surface area contributed by atoms with E-state index in [1.54, 1.807) is 0 Å². The van der Waals surface area contributed by atoms with Crippen LogP contribution in [0.4, 0.5) is 0 Å². The number of hydrazone groups is 2. The van der Waals surface area contributed by atoms with Crippen LogP contribution in [0.2, 0.25) is 0 Å². The fourth-order valence-corrected chi connectivity index (χ4v) is 5.02. The molecule has 272 valence electrons. The van der Waals surface area contributed by atoms with E-state index in [1.807, 2.05) is 10.0 Å². The van der Waals surface area contributed by atoms with Crippen LogP contribution in [0.1, 0.15) is 117 Å². The SMILES string of the molecule is C=C1CC(C(C)C)=NN1C(C)C.C=C1N=C(C(C)C)NN1C(C)C.C=C1NC(C(C)C)=CN1C(C)C.C=C1NN=C(C(C)C)N1C(C)C. The first-order valence-electron chi connectivity index (χ1n) is 17.8. The Morgan fingerprint density at radius 1 is 0.667 bits per heavy atom. The molecule has 0 unspecified atom stereocenters. The quantitative estimate of drug-likeness (QED) is 0.240. The summed E-state index contributed by atoms with van der Waals surface area (Å²) in [6.07, 6.45) is 3.10. The van der Waals surface area contributed by atoms with E-state index < -0.39 is 0 Å². The van der Waals surface area contributed by atoms with E-state index in [2.05, 4.69) is 184 Å². The molecule has 10 heteroatoms. The zero-order valence-electron chi connectivity index (χ0n) is 33.4. The number of allylic oxidation sites excluding steroid dienone is 2. The Hall–Kier alpha value is -3.69. The number of aliphatic imine (C=N–C) groups is 1. The van der Waals surface area contributed by atoms with Crippen molar-refractivity contribution in [1.29, 1.82) is 0 Å². The molecular formula is C38H70N10. The molecule has 4 aliphatic rings. The van der Waals surface area contributed by atoms with Gasteiger partial charge in [-0.3, -0.25) is 20.9 Å². The Morgan fingerprint density at radius 2 is 1.25 bits per heavy atom. The minimum atomic E-state index is 0.400. The average molecular weight is 667 g/mol. The maximum Gasteiger partial charge on any atom is 0.142 e. The van der Waals surface area contributed by atoms with Gasteiger partial charge in [0.1, 0.15) is 29.1 Å². The molecule has 0 amide bonds. The normalized spacial score (nSPS) is 17.5. The maximum absolute atomic E-state index is 4.52. The standard InChI is InChI=1S/2C10H18N2.2C9H17N3/c1-7(2)10-6-12(8(3)4)9(5)11-10;1-7(2)10-6-9(5)12(11-10)8(3)4;1-6(2)9-11-10-8(5)12(9)7(3)4;1-6(2)9-10-8(5)12(11-9)7(3)4/h6-8,11H,5H2,1-4H3;7-8H,5-6H2,1-4H3;6-7,10H,5H2,1-4H3;6-7H,5H2,1-4H3,(H,10,11). The molecule has 4 aliphatic heterocycles. The highest BCUT2D eigenvalue weighted by atomic mass is 15.6. The zero-order chi connectivity index (χ0) is 37.2. The van der Waals surface area contributed by atoms with Gasteiger partial charge in [-0.1, -0.05) is 81.7 Å².